The van der Waals surface area contributed by atoms with E-state index in [4.69, 9.17) is 11.8 Å². The Labute approximate surface area is 154 Å². The summed E-state index contributed by atoms with van der Waals surface area (Å²) in [6, 6.07) is 8.20. The highest BCUT2D eigenvalue weighted by atomic mass is 19.1. The molecule has 0 saturated carbocycles. The molecule has 0 N–H and O–H groups in total. The molecular weight excluding hydrogens is 362 g/mol. The maximum absolute atomic E-state index is 13.8. The van der Waals surface area contributed by atoms with Gasteiger partial charge in [-0.15, -0.1) is 4.95 Å². The van der Waals surface area contributed by atoms with Crippen molar-refractivity contribution in [3.8, 4) is 6.19 Å². The van der Waals surface area contributed by atoms with E-state index in [1.165, 1.54) is 30.3 Å². The van der Waals surface area contributed by atoms with Crippen molar-refractivity contribution in [2.75, 3.05) is 0 Å². The summed E-state index contributed by atoms with van der Waals surface area (Å²) in [6.07, 6.45) is 1.72. The molecule has 1 heterocycles. The second-order valence-electron chi connectivity index (χ2n) is 6.11. The normalized spacial score (nSPS) is 13.0. The van der Waals surface area contributed by atoms with E-state index >= 15 is 0 Å². The molecule has 8 heteroatoms. The zero-order valence-electron chi connectivity index (χ0n) is 13.9. The number of halogens is 2. The van der Waals surface area contributed by atoms with Crippen molar-refractivity contribution in [1.82, 2.24) is 9.97 Å². The number of aromatic nitrogens is 2. The van der Waals surface area contributed by atoms with Gasteiger partial charge in [0.1, 0.15) is 28.0 Å². The van der Waals surface area contributed by atoms with Crippen molar-refractivity contribution < 1.29 is 8.78 Å². The Morgan fingerprint density at radius 3 is 1.89 bits per heavy atom. The van der Waals surface area contributed by atoms with Crippen molar-refractivity contribution in [1.29, 1.82) is 5.26 Å². The standard InChI is InChI=1S/C20H6F2N6/c1-24-28-18-14-7-10(22)3-5-12(14)17-20(18)27-16-11-4-2-9(21)6-13(11)15(25-8-23)19(16)26-17/h2-7H/b25-15?,28-18-. The van der Waals surface area contributed by atoms with Gasteiger partial charge in [0.15, 0.2) is 5.36 Å². The fraction of sp³-hybridized carbons (Fsp3) is 0. The lowest BCUT2D eigenvalue weighted by atomic mass is 10.2. The second-order valence-corrected chi connectivity index (χ2v) is 6.11. The molecule has 0 saturated heterocycles. The molecule has 130 valence electrons. The van der Waals surface area contributed by atoms with Crippen molar-refractivity contribution >= 4 is 43.6 Å². The van der Waals surface area contributed by atoms with Crippen molar-refractivity contribution in [2.45, 2.75) is 0 Å². The van der Waals surface area contributed by atoms with Crippen LogP contribution in [0.25, 0.3) is 48.6 Å². The first-order chi connectivity index (χ1) is 13.6. The van der Waals surface area contributed by atoms with Crippen LogP contribution in [0.5, 0.6) is 0 Å². The van der Waals surface area contributed by atoms with Gasteiger partial charge >= 0.3 is 0 Å². The van der Waals surface area contributed by atoms with Crippen LogP contribution in [0, 0.1) is 29.7 Å². The number of rotatable bonds is 0. The minimum absolute atomic E-state index is 0.224. The Hall–Kier alpha value is -4.30. The van der Waals surface area contributed by atoms with E-state index in [-0.39, 0.29) is 10.7 Å². The summed E-state index contributed by atoms with van der Waals surface area (Å²) >= 11 is 0. The number of benzene rings is 2. The van der Waals surface area contributed by atoms with Gasteiger partial charge in [0.25, 0.3) is 0 Å². The smallest absolute Gasteiger partial charge is 0.206 e. The van der Waals surface area contributed by atoms with Gasteiger partial charge in [0, 0.05) is 21.5 Å². The molecule has 0 amide bonds. The molecule has 0 fully saturated rings. The van der Waals surface area contributed by atoms with Crippen LogP contribution in [-0.4, -0.2) is 9.97 Å². The fourth-order valence-corrected chi connectivity index (χ4v) is 3.55. The average molecular weight is 368 g/mol. The van der Waals surface area contributed by atoms with Gasteiger partial charge in [0.05, 0.1) is 16.1 Å². The predicted molar refractivity (Wildman–Crippen MR) is 97.7 cm³/mol. The Kier molecular flexibility index (Phi) is 3.18. The van der Waals surface area contributed by atoms with Crippen LogP contribution in [0.3, 0.4) is 0 Å². The first kappa shape index (κ1) is 15.9. The van der Waals surface area contributed by atoms with Gasteiger partial charge in [-0.3, -0.25) is 0 Å². The third kappa shape index (κ3) is 2.03. The third-order valence-corrected chi connectivity index (χ3v) is 4.64. The Morgan fingerprint density at radius 1 is 0.821 bits per heavy atom. The van der Waals surface area contributed by atoms with Crippen LogP contribution in [0.4, 0.5) is 8.78 Å². The van der Waals surface area contributed by atoms with E-state index in [1.807, 2.05) is 0 Å². The van der Waals surface area contributed by atoms with Crippen molar-refractivity contribution in [3.63, 3.8) is 0 Å². The van der Waals surface area contributed by atoms with Gasteiger partial charge in [0.2, 0.25) is 6.19 Å². The van der Waals surface area contributed by atoms with E-state index in [2.05, 4.69) is 25.0 Å². The maximum Gasteiger partial charge on any atom is 0.206 e. The molecule has 5 aromatic rings. The van der Waals surface area contributed by atoms with E-state index in [9.17, 15) is 8.78 Å². The topological polar surface area (TPSA) is 78.6 Å². The van der Waals surface area contributed by atoms with Crippen LogP contribution < -0.4 is 10.7 Å². The number of fused-ring (bicyclic) bond motifs is 6. The van der Waals surface area contributed by atoms with Crippen molar-refractivity contribution in [2.24, 2.45) is 10.1 Å². The summed E-state index contributed by atoms with van der Waals surface area (Å²) in [4.78, 5) is 16.1. The molecule has 0 radical (unpaired) electrons. The summed E-state index contributed by atoms with van der Waals surface area (Å²) in [7, 11) is 0. The minimum atomic E-state index is -0.471. The Balaban J connectivity index is 2.12. The fourth-order valence-electron chi connectivity index (χ4n) is 3.55. The van der Waals surface area contributed by atoms with Crippen molar-refractivity contribution in [3.05, 3.63) is 70.3 Å². The number of nitriles is 1. The summed E-state index contributed by atoms with van der Waals surface area (Å²) in [5.41, 5.74) is 1.49. The second kappa shape index (κ2) is 5.60. The number of hydrogen-bond donors (Lipinski definition) is 0. The molecule has 0 aliphatic carbocycles. The monoisotopic (exact) mass is 368 g/mol. The maximum atomic E-state index is 13.8. The lowest BCUT2D eigenvalue weighted by Crippen LogP contribution is -2.03. The summed E-state index contributed by atoms with van der Waals surface area (Å²) < 4.78 is 27.5. The van der Waals surface area contributed by atoms with Gasteiger partial charge < -0.3 is 0 Å². The molecule has 0 aliphatic rings. The number of nitrogens with zero attached hydrogens (tertiary/aromatic N) is 6. The van der Waals surface area contributed by atoms with E-state index < -0.39 is 11.6 Å². The zero-order chi connectivity index (χ0) is 19.4. The van der Waals surface area contributed by atoms with Gasteiger partial charge in [-0.25, -0.2) is 18.7 Å². The molecular formula is C20H6F2N6. The van der Waals surface area contributed by atoms with Gasteiger partial charge in [-0.2, -0.15) is 16.8 Å². The largest absolute Gasteiger partial charge is 0.241 e. The lowest BCUT2D eigenvalue weighted by Gasteiger charge is -1.94. The SMILES string of the molecule is [C-]#[N+]/N=c1/c2cc(F)ccc2c2nc3c(=NC#N)c4cc(F)ccc4c3nc12. The molecule has 0 aliphatic heterocycles. The highest BCUT2D eigenvalue weighted by molar-refractivity contribution is 6.14. The van der Waals surface area contributed by atoms with E-state index in [0.29, 0.717) is 43.6 Å². The zero-order valence-corrected chi connectivity index (χ0v) is 13.9. The molecule has 1 aromatic heterocycles. The molecule has 28 heavy (non-hydrogen) atoms. The summed E-state index contributed by atoms with van der Waals surface area (Å²) in [6.45, 7) is 7.08. The third-order valence-electron chi connectivity index (χ3n) is 4.64. The highest BCUT2D eigenvalue weighted by Gasteiger charge is 2.19. The highest BCUT2D eigenvalue weighted by Crippen LogP contribution is 2.28. The van der Waals surface area contributed by atoms with Crippen LogP contribution in [0.15, 0.2) is 46.5 Å². The molecule has 5 rings (SSSR count). The molecule has 0 atom stereocenters. The average Bonchev–Trinajstić information content (AvgIpc) is 3.13. The van der Waals surface area contributed by atoms with Crippen LogP contribution in [-0.2, 0) is 0 Å². The minimum Gasteiger partial charge on any atom is -0.241 e. The molecule has 4 aromatic carbocycles. The van der Waals surface area contributed by atoms with Gasteiger partial charge in [-0.1, -0.05) is 0 Å². The molecule has 0 unspecified atom stereocenters. The van der Waals surface area contributed by atoms with E-state index in [0.717, 1.165) is 0 Å². The first-order valence-corrected chi connectivity index (χ1v) is 8.07. The van der Waals surface area contributed by atoms with Crippen LogP contribution >= 0.6 is 0 Å². The van der Waals surface area contributed by atoms with Crippen LogP contribution in [0.1, 0.15) is 0 Å². The lowest BCUT2D eigenvalue weighted by molar-refractivity contribution is 0.629. The first-order valence-electron chi connectivity index (χ1n) is 8.07. The Bertz CT molecular complexity index is 1540. The summed E-state index contributed by atoms with van der Waals surface area (Å²) in [5.74, 6) is -0.940. The molecule has 6 nitrogen and oxygen atoms in total. The van der Waals surface area contributed by atoms with Gasteiger partial charge in [-0.05, 0) is 36.4 Å². The number of hydrogen-bond acceptors (Lipinski definition) is 5. The predicted octanol–water partition coefficient (Wildman–Crippen LogP) is 3.36. The molecule has 0 bridgehead atoms. The van der Waals surface area contributed by atoms with E-state index in [1.54, 1.807) is 12.3 Å². The van der Waals surface area contributed by atoms with Crippen LogP contribution in [0.2, 0.25) is 0 Å². The quantitative estimate of drug-likeness (QED) is 0.239. The Morgan fingerprint density at radius 2 is 1.36 bits per heavy atom. The molecule has 0 spiro atoms. The summed E-state index contributed by atoms with van der Waals surface area (Å²) in [5, 5.41) is 15.3.